The maximum absolute atomic E-state index is 3.94. The van der Waals surface area contributed by atoms with Gasteiger partial charge in [-0.1, -0.05) is 43.7 Å². The number of nitrogens with zero attached hydrogens (tertiary/aromatic N) is 8. The SMILES string of the molecule is CC1C=[N+](C)[C-]=N1.CN1[CH-]N(C2=CC=CC=[C-]C2)C2=C1C=CCC=C2.CN1[CH-]N(c2[c-]cccc2)c2ccccc21.Cc1cn(C)[c-]n1.[Pt].[Pt]. The van der Waals surface area contributed by atoms with E-state index < -0.39 is 0 Å². The molecule has 3 aromatic rings. The van der Waals surface area contributed by atoms with Crippen molar-refractivity contribution in [2.45, 2.75) is 32.7 Å². The first-order valence-electron chi connectivity index (χ1n) is 16.0. The van der Waals surface area contributed by atoms with E-state index in [1.165, 1.54) is 28.5 Å². The van der Waals surface area contributed by atoms with Crippen LogP contribution in [-0.4, -0.2) is 63.7 Å². The van der Waals surface area contributed by atoms with Crippen LogP contribution in [0.2, 0.25) is 0 Å². The Morgan fingerprint density at radius 1 is 0.880 bits per heavy atom. The molecule has 0 amide bonds. The van der Waals surface area contributed by atoms with E-state index in [1.807, 2.05) is 75.3 Å². The molecule has 268 valence electrons. The summed E-state index contributed by atoms with van der Waals surface area (Å²) >= 11 is 0. The van der Waals surface area contributed by atoms with Gasteiger partial charge < -0.3 is 33.7 Å². The summed E-state index contributed by atoms with van der Waals surface area (Å²) in [7, 11) is 7.97. The fourth-order valence-corrected chi connectivity index (χ4v) is 5.37. The minimum atomic E-state index is 0. The van der Waals surface area contributed by atoms with Crippen molar-refractivity contribution in [1.82, 2.24) is 19.4 Å². The number of aromatic nitrogens is 2. The zero-order valence-electron chi connectivity index (χ0n) is 29.2. The monoisotopic (exact) mass is 1030 g/mol. The molecule has 0 fully saturated rings. The summed E-state index contributed by atoms with van der Waals surface area (Å²) in [5, 5.41) is 0. The van der Waals surface area contributed by atoms with Gasteiger partial charge in [-0.15, -0.1) is 23.7 Å². The summed E-state index contributed by atoms with van der Waals surface area (Å²) in [4.78, 5) is 16.5. The second-order valence-corrected chi connectivity index (χ2v) is 11.7. The molecule has 1 unspecified atom stereocenters. The van der Waals surface area contributed by atoms with Crippen molar-refractivity contribution >= 4 is 29.6 Å². The molecule has 0 spiro atoms. The van der Waals surface area contributed by atoms with Crippen LogP contribution in [0.3, 0.4) is 0 Å². The molecule has 2 aromatic carbocycles. The van der Waals surface area contributed by atoms with Gasteiger partial charge >= 0.3 is 0 Å². The minimum absolute atomic E-state index is 0. The molecule has 0 N–H and O–H groups in total. The number of rotatable bonds is 2. The molecule has 1 atom stereocenters. The summed E-state index contributed by atoms with van der Waals surface area (Å²) in [6.45, 7) is 8.18. The van der Waals surface area contributed by atoms with Crippen LogP contribution in [0.15, 0.2) is 125 Å². The molecule has 0 bridgehead atoms. The molecule has 0 radical (unpaired) electrons. The van der Waals surface area contributed by atoms with E-state index >= 15 is 0 Å². The number of hydrogen-bond acceptors (Lipinski definition) is 6. The number of benzene rings is 2. The van der Waals surface area contributed by atoms with Crippen molar-refractivity contribution in [2.75, 3.05) is 30.9 Å². The molecule has 4 heterocycles. The number of para-hydroxylation sites is 3. The van der Waals surface area contributed by atoms with E-state index in [4.69, 9.17) is 0 Å². The van der Waals surface area contributed by atoms with Gasteiger partial charge in [-0.3, -0.25) is 6.08 Å². The van der Waals surface area contributed by atoms with Gasteiger partial charge in [0.2, 0.25) is 0 Å². The van der Waals surface area contributed by atoms with Gasteiger partial charge in [0.15, 0.2) is 6.34 Å². The zero-order chi connectivity index (χ0) is 33.9. The van der Waals surface area contributed by atoms with Crippen molar-refractivity contribution < 1.29 is 46.7 Å². The normalized spacial score (nSPS) is 17.8. The molecule has 8 rings (SSSR count). The average molecular weight is 1030 g/mol. The van der Waals surface area contributed by atoms with Gasteiger partial charge in [0.25, 0.3) is 0 Å². The molecule has 8 nitrogen and oxygen atoms in total. The number of allylic oxidation sites excluding steroid dienone is 9. The number of anilines is 3. The third-order valence-corrected chi connectivity index (χ3v) is 7.61. The maximum Gasteiger partial charge on any atom is 0.174 e. The van der Waals surface area contributed by atoms with Crippen LogP contribution in [0, 0.1) is 38.7 Å². The smallest absolute Gasteiger partial charge is 0.174 e. The molecule has 50 heavy (non-hydrogen) atoms. The molecule has 10 heteroatoms. The van der Waals surface area contributed by atoms with Crippen LogP contribution in [0.1, 0.15) is 25.5 Å². The fraction of sp³-hybridized carbons (Fsp3) is 0.225. The Balaban J connectivity index is 0.000000192. The van der Waals surface area contributed by atoms with Crippen molar-refractivity contribution in [2.24, 2.45) is 12.0 Å². The summed E-state index contributed by atoms with van der Waals surface area (Å²) < 4.78 is 3.64. The minimum Gasteiger partial charge on any atom is -0.504 e. The predicted molar refractivity (Wildman–Crippen MR) is 196 cm³/mol. The molecule has 1 aromatic heterocycles. The van der Waals surface area contributed by atoms with Gasteiger partial charge in [0.1, 0.15) is 6.04 Å². The fourth-order valence-electron chi connectivity index (χ4n) is 5.37. The van der Waals surface area contributed by atoms with E-state index in [9.17, 15) is 0 Å². The van der Waals surface area contributed by atoms with E-state index in [0.29, 0.717) is 6.04 Å². The van der Waals surface area contributed by atoms with Crippen LogP contribution < -0.4 is 9.80 Å². The molecular formula is C40H43N8Pt2-5. The van der Waals surface area contributed by atoms with Crippen molar-refractivity contribution in [3.05, 3.63) is 158 Å². The van der Waals surface area contributed by atoms with E-state index in [0.717, 1.165) is 24.2 Å². The van der Waals surface area contributed by atoms with Gasteiger partial charge in [-0.2, -0.15) is 48.7 Å². The number of fused-ring (bicyclic) bond motifs is 1. The van der Waals surface area contributed by atoms with E-state index in [2.05, 4.69) is 149 Å². The predicted octanol–water partition coefficient (Wildman–Crippen LogP) is 7.01. The van der Waals surface area contributed by atoms with Crippen LogP contribution in [0.4, 0.5) is 17.1 Å². The summed E-state index contributed by atoms with van der Waals surface area (Å²) in [5.41, 5.74) is 8.25. The quantitative estimate of drug-likeness (QED) is 0.205. The Morgan fingerprint density at radius 3 is 2.20 bits per heavy atom. The number of aryl methyl sites for hydroxylation is 2. The van der Waals surface area contributed by atoms with Gasteiger partial charge in [-0.25, -0.2) is 12.2 Å². The summed E-state index contributed by atoms with van der Waals surface area (Å²) in [6, 6.07) is 19.9. The average Bonchev–Trinajstić information content (AvgIpc) is 3.71. The van der Waals surface area contributed by atoms with Crippen molar-refractivity contribution in [3.63, 3.8) is 0 Å². The number of aliphatic imine (C=N–C) groups is 1. The largest absolute Gasteiger partial charge is 0.504 e. The second-order valence-electron chi connectivity index (χ2n) is 11.7. The van der Waals surface area contributed by atoms with Crippen LogP contribution in [-0.2, 0) is 49.2 Å². The van der Waals surface area contributed by atoms with Gasteiger partial charge in [-0.05, 0) is 70.7 Å². The van der Waals surface area contributed by atoms with Gasteiger partial charge in [0, 0.05) is 78.3 Å². The van der Waals surface area contributed by atoms with Crippen molar-refractivity contribution in [3.8, 4) is 0 Å². The Hall–Kier alpha value is -3.99. The molecular weight excluding hydrogens is 983 g/mol. The third-order valence-electron chi connectivity index (χ3n) is 7.61. The molecule has 5 aliphatic rings. The number of hydrogen-bond donors (Lipinski definition) is 0. The summed E-state index contributed by atoms with van der Waals surface area (Å²) in [5.74, 6) is 0. The molecule has 2 aliphatic carbocycles. The standard InChI is InChI=1S/C16H16N2.C14H12N2.C5H8N2.C5H7N2.2Pt/c1-17-13-18(14-9-5-2-3-6-10-14)16-12-8-4-7-11-15(16)17;1-15-11-16(12-7-3-2-4-8-12)14-10-6-5-9-13(14)15;2*1-5-3-7(2)4-6-5;;/h2-3,5,7-9,11-13H,4,10H2,1H3;2-7,9-11H,1H3;3,5H,1-2H3;3H,1-2H3;;/q2*-2;;-1;;. The topological polar surface area (TPSA) is 46.2 Å². The Kier molecular flexibility index (Phi) is 16.2. The van der Waals surface area contributed by atoms with Crippen LogP contribution in [0.5, 0.6) is 0 Å². The van der Waals surface area contributed by atoms with Gasteiger partial charge in [0.05, 0.1) is 0 Å². The zero-order valence-corrected chi connectivity index (χ0v) is 33.8. The molecule has 3 aliphatic heterocycles. The number of imidazole rings is 1. The van der Waals surface area contributed by atoms with E-state index in [1.54, 1.807) is 4.57 Å². The second kappa shape index (κ2) is 20.0. The molecule has 0 saturated carbocycles. The first kappa shape index (κ1) is 40.4. The molecule has 0 saturated heterocycles. The Labute approximate surface area is 327 Å². The maximum atomic E-state index is 3.94. The third kappa shape index (κ3) is 11.0. The first-order valence-corrected chi connectivity index (χ1v) is 16.0. The van der Waals surface area contributed by atoms with Crippen molar-refractivity contribution in [1.29, 1.82) is 0 Å². The van der Waals surface area contributed by atoms with E-state index in [-0.39, 0.29) is 42.1 Å². The first-order chi connectivity index (χ1) is 23.3. The summed E-state index contributed by atoms with van der Waals surface area (Å²) in [6.07, 6.45) is 31.5. The number of likely N-dealkylation sites (N-methyl/N-ethyl adjacent to an activating group) is 1. The van der Waals surface area contributed by atoms with Crippen LogP contribution >= 0.6 is 0 Å². The Bertz CT molecular complexity index is 1760. The Morgan fingerprint density at radius 2 is 1.60 bits per heavy atom. The van der Waals surface area contributed by atoms with Crippen LogP contribution in [0.25, 0.3) is 0 Å².